The number of hydrogen-bond acceptors (Lipinski definition) is 4. The van der Waals surface area contributed by atoms with Gasteiger partial charge in [0.15, 0.2) is 23.0 Å². The van der Waals surface area contributed by atoms with Crippen molar-refractivity contribution in [2.24, 2.45) is 0 Å². The predicted octanol–water partition coefficient (Wildman–Crippen LogP) is 6.89. The Bertz CT molecular complexity index is 931. The highest BCUT2D eigenvalue weighted by Crippen LogP contribution is 2.69. The summed E-state index contributed by atoms with van der Waals surface area (Å²) in [5.41, 5.74) is -6.44. The van der Waals surface area contributed by atoms with Gasteiger partial charge >= 0.3 is 12.4 Å². The third-order valence-electron chi connectivity index (χ3n) is 5.06. The first-order valence-corrected chi connectivity index (χ1v) is 9.67. The van der Waals surface area contributed by atoms with Gasteiger partial charge in [-0.2, -0.15) is 26.3 Å². The Labute approximate surface area is 173 Å². The van der Waals surface area contributed by atoms with Crippen molar-refractivity contribution < 1.29 is 45.3 Å². The molecule has 168 valence electrons. The summed E-state index contributed by atoms with van der Waals surface area (Å²) >= 11 is 0. The van der Waals surface area contributed by atoms with Gasteiger partial charge < -0.3 is 18.9 Å². The molecule has 0 saturated carbocycles. The maximum absolute atomic E-state index is 14.4. The molecule has 4 rings (SSSR count). The van der Waals surface area contributed by atoms with Gasteiger partial charge in [-0.15, -0.1) is 0 Å². The van der Waals surface area contributed by atoms with Crippen LogP contribution in [0.3, 0.4) is 0 Å². The Kier molecular flexibility index (Phi) is 4.94. The Morgan fingerprint density at radius 2 is 1.03 bits per heavy atom. The fraction of sp³-hybridized carbons (Fsp3) is 0.429. The predicted molar refractivity (Wildman–Crippen MR) is 97.5 cm³/mol. The molecule has 2 heterocycles. The van der Waals surface area contributed by atoms with E-state index in [1.165, 1.54) is 0 Å². The minimum Gasteiger partial charge on any atom is -0.490 e. The van der Waals surface area contributed by atoms with Gasteiger partial charge in [0.2, 0.25) is 16.9 Å². The summed E-state index contributed by atoms with van der Waals surface area (Å²) in [6.45, 7) is 4.13. The van der Waals surface area contributed by atoms with Crippen molar-refractivity contribution >= 4 is 0 Å². The summed E-state index contributed by atoms with van der Waals surface area (Å²) in [7, 11) is 0. The molecule has 10 heteroatoms. The average molecular weight is 448 g/mol. The highest BCUT2D eigenvalue weighted by molar-refractivity contribution is 5.75. The lowest BCUT2D eigenvalue weighted by molar-refractivity contribution is -0.288. The summed E-state index contributed by atoms with van der Waals surface area (Å²) in [6.07, 6.45) is -10.2. The number of hydrogen-bond donors (Lipinski definition) is 0. The quantitative estimate of drug-likeness (QED) is 0.218. The van der Waals surface area contributed by atoms with Crippen LogP contribution in [0.2, 0.25) is 0 Å². The molecule has 0 N–H and O–H groups in total. The second kappa shape index (κ2) is 7.13. The van der Waals surface area contributed by atoms with Crippen molar-refractivity contribution in [3.63, 3.8) is 0 Å². The Morgan fingerprint density at radius 1 is 0.645 bits per heavy atom. The Morgan fingerprint density at radius 3 is 1.35 bits per heavy atom. The van der Waals surface area contributed by atoms with Gasteiger partial charge in [0, 0.05) is 11.1 Å². The average Bonchev–Trinajstić information content (AvgIpc) is 3.57. The molecule has 0 unspecified atom stereocenters. The van der Waals surface area contributed by atoms with Gasteiger partial charge in [-0.3, -0.25) is 0 Å². The lowest BCUT2D eigenvalue weighted by atomic mass is 9.72. The molecule has 0 fully saturated rings. The number of halogens is 6. The first kappa shape index (κ1) is 21.5. The third kappa shape index (κ3) is 3.23. The van der Waals surface area contributed by atoms with E-state index in [-0.39, 0.29) is 36.2 Å². The van der Waals surface area contributed by atoms with Gasteiger partial charge in [-0.1, -0.05) is 13.8 Å². The highest BCUT2D eigenvalue weighted by Gasteiger charge is 2.76. The molecule has 0 atom stereocenters. The van der Waals surface area contributed by atoms with Crippen LogP contribution in [0.25, 0.3) is 0 Å². The van der Waals surface area contributed by atoms with Crippen LogP contribution in [0, 0.1) is 0 Å². The maximum atomic E-state index is 14.4. The van der Waals surface area contributed by atoms with Gasteiger partial charge in [-0.05, 0) is 37.1 Å². The van der Waals surface area contributed by atoms with E-state index < -0.39 is 40.4 Å². The van der Waals surface area contributed by atoms with Crippen LogP contribution in [0.15, 0.2) is 24.3 Å². The number of ether oxygens (including phenoxy) is 4. The highest BCUT2D eigenvalue weighted by atomic mass is 19.4. The number of benzene rings is 2. The molecule has 4 nitrogen and oxygen atoms in total. The van der Waals surface area contributed by atoms with Crippen LogP contribution in [-0.4, -0.2) is 25.6 Å². The van der Waals surface area contributed by atoms with Crippen LogP contribution < -0.4 is 18.9 Å². The molecule has 2 aromatic rings. The summed E-state index contributed by atoms with van der Waals surface area (Å²) in [4.78, 5) is 0. The fourth-order valence-electron chi connectivity index (χ4n) is 3.61. The molecule has 0 aliphatic carbocycles. The van der Waals surface area contributed by atoms with Crippen molar-refractivity contribution in [3.05, 3.63) is 35.4 Å². The zero-order valence-electron chi connectivity index (χ0n) is 16.5. The van der Waals surface area contributed by atoms with Crippen molar-refractivity contribution in [1.82, 2.24) is 0 Å². The second-order valence-electron chi connectivity index (χ2n) is 7.19. The standard InChI is InChI=1S/C21H18F6O4/c1-3-9-28-13-7-5-11(15-17(13)30-15)19(20(22,23)24,21(25,26)27)12-6-8-14(29-10-4-2)18-16(12)31-18/h5-8H,3-4,9-10H2,1-2H3. The molecule has 0 bridgehead atoms. The van der Waals surface area contributed by atoms with Crippen molar-refractivity contribution in [3.8, 4) is 34.5 Å². The van der Waals surface area contributed by atoms with E-state index in [4.69, 9.17) is 18.9 Å². The molecular formula is C21H18F6O4. The Hall–Kier alpha value is -2.78. The first-order valence-electron chi connectivity index (χ1n) is 9.67. The lowest BCUT2D eigenvalue weighted by Crippen LogP contribution is -2.54. The summed E-state index contributed by atoms with van der Waals surface area (Å²) in [6, 6.07) is 3.66. The zero-order valence-corrected chi connectivity index (χ0v) is 16.5. The Balaban J connectivity index is 1.89. The molecule has 0 aromatic heterocycles. The van der Waals surface area contributed by atoms with Crippen molar-refractivity contribution in [1.29, 1.82) is 0 Å². The molecule has 31 heavy (non-hydrogen) atoms. The van der Waals surface area contributed by atoms with Crippen molar-refractivity contribution in [2.75, 3.05) is 13.2 Å². The zero-order chi connectivity index (χ0) is 22.6. The molecule has 0 amide bonds. The lowest BCUT2D eigenvalue weighted by Gasteiger charge is -2.37. The summed E-state index contributed by atoms with van der Waals surface area (Å²) < 4.78 is 107. The van der Waals surface area contributed by atoms with Gasteiger partial charge in [0.1, 0.15) is 0 Å². The summed E-state index contributed by atoms with van der Waals surface area (Å²) in [5, 5.41) is 0. The maximum Gasteiger partial charge on any atom is 0.411 e. The van der Waals surface area contributed by atoms with E-state index in [2.05, 4.69) is 0 Å². The van der Waals surface area contributed by atoms with Crippen LogP contribution >= 0.6 is 0 Å². The molecule has 2 aromatic carbocycles. The van der Waals surface area contributed by atoms with Crippen LogP contribution in [0.5, 0.6) is 34.5 Å². The van der Waals surface area contributed by atoms with E-state index in [1.54, 1.807) is 0 Å². The monoisotopic (exact) mass is 448 g/mol. The molecule has 2 aliphatic heterocycles. The minimum absolute atomic E-state index is 0.106. The largest absolute Gasteiger partial charge is 0.490 e. The molecule has 0 spiro atoms. The van der Waals surface area contributed by atoms with E-state index in [9.17, 15) is 26.3 Å². The SMILES string of the molecule is CCCOc1ccc(C(c2ccc(OCCC)c3c2O3)(C(F)(F)F)C(F)(F)F)c2c1O2. The van der Waals surface area contributed by atoms with Crippen LogP contribution in [0.4, 0.5) is 26.3 Å². The number of alkyl halides is 6. The van der Waals surface area contributed by atoms with Crippen LogP contribution in [0.1, 0.15) is 37.8 Å². The molecule has 0 radical (unpaired) electrons. The normalized spacial score (nSPS) is 14.2. The molecular weight excluding hydrogens is 430 g/mol. The van der Waals surface area contributed by atoms with Gasteiger partial charge in [-0.25, -0.2) is 0 Å². The molecule has 2 aliphatic rings. The van der Waals surface area contributed by atoms with E-state index >= 15 is 0 Å². The van der Waals surface area contributed by atoms with Crippen LogP contribution in [-0.2, 0) is 5.41 Å². The van der Waals surface area contributed by atoms with Gasteiger partial charge in [0.05, 0.1) is 13.2 Å². The second-order valence-corrected chi connectivity index (χ2v) is 7.19. The molecule has 0 saturated heterocycles. The smallest absolute Gasteiger partial charge is 0.411 e. The number of rotatable bonds is 8. The first-order chi connectivity index (χ1) is 14.6. The topological polar surface area (TPSA) is 43.5 Å². The van der Waals surface area contributed by atoms with Gasteiger partial charge in [0.25, 0.3) is 0 Å². The number of fused-ring (bicyclic) bond motifs is 2. The minimum atomic E-state index is -5.73. The van der Waals surface area contributed by atoms with Crippen molar-refractivity contribution in [2.45, 2.75) is 44.5 Å². The van der Waals surface area contributed by atoms with E-state index in [0.717, 1.165) is 24.3 Å². The fourth-order valence-corrected chi connectivity index (χ4v) is 3.61. The summed E-state index contributed by atoms with van der Waals surface area (Å²) in [5.74, 6) is -0.987. The van der Waals surface area contributed by atoms with E-state index in [1.807, 2.05) is 13.8 Å². The van der Waals surface area contributed by atoms with E-state index in [0.29, 0.717) is 12.8 Å². The third-order valence-corrected chi connectivity index (χ3v) is 5.06.